The first-order valence-electron chi connectivity index (χ1n) is 10.8. The van der Waals surface area contributed by atoms with Crippen molar-refractivity contribution in [1.29, 1.82) is 5.26 Å². The van der Waals surface area contributed by atoms with Crippen LogP contribution in [-0.2, 0) is 11.2 Å². The third-order valence-electron chi connectivity index (χ3n) is 5.22. The molecule has 8 heteroatoms. The van der Waals surface area contributed by atoms with Crippen molar-refractivity contribution in [1.82, 2.24) is 4.98 Å². The number of ketones is 1. The zero-order valence-electron chi connectivity index (χ0n) is 18.5. The summed E-state index contributed by atoms with van der Waals surface area (Å²) < 4.78 is 5.72. The van der Waals surface area contributed by atoms with Gasteiger partial charge in [0.25, 0.3) is 0 Å². The lowest BCUT2D eigenvalue weighted by atomic mass is 9.67. The maximum atomic E-state index is 12.4. The van der Waals surface area contributed by atoms with Gasteiger partial charge < -0.3 is 14.8 Å². The van der Waals surface area contributed by atoms with Crippen molar-refractivity contribution in [2.24, 2.45) is 0 Å². The van der Waals surface area contributed by atoms with Gasteiger partial charge >= 0.3 is 7.12 Å². The Labute approximate surface area is 204 Å². The fourth-order valence-corrected chi connectivity index (χ4v) is 3.61. The summed E-state index contributed by atoms with van der Waals surface area (Å²) in [5, 5.41) is 29.2. The normalized spacial score (nSPS) is 12.0. The molecule has 1 aromatic heterocycles. The van der Waals surface area contributed by atoms with Gasteiger partial charge in [-0.15, -0.1) is 0 Å². The Balaban J connectivity index is 1.59. The molecule has 6 nitrogen and oxygen atoms in total. The molecule has 0 aliphatic heterocycles. The minimum absolute atomic E-state index is 0.0298. The first kappa shape index (κ1) is 25.2. The topological polar surface area (TPSA) is 103 Å². The Morgan fingerprint density at radius 3 is 2.59 bits per heavy atom. The Morgan fingerprint density at radius 1 is 1.15 bits per heavy atom. The monoisotopic (exact) mass is 474 g/mol. The van der Waals surface area contributed by atoms with Gasteiger partial charge in [-0.3, -0.25) is 9.78 Å². The van der Waals surface area contributed by atoms with E-state index in [-0.39, 0.29) is 25.2 Å². The summed E-state index contributed by atoms with van der Waals surface area (Å²) in [5.74, 6) is -0.337. The number of benzene rings is 2. The summed E-state index contributed by atoms with van der Waals surface area (Å²) in [6, 6.07) is 22.0. The zero-order chi connectivity index (χ0) is 24.3. The molecule has 0 radical (unpaired) electrons. The molecule has 3 rings (SSSR count). The van der Waals surface area contributed by atoms with Crippen molar-refractivity contribution in [3.8, 4) is 11.8 Å². The van der Waals surface area contributed by atoms with Crippen molar-refractivity contribution in [2.45, 2.75) is 25.1 Å². The van der Waals surface area contributed by atoms with Crippen molar-refractivity contribution < 1.29 is 19.6 Å². The van der Waals surface area contributed by atoms with Crippen molar-refractivity contribution in [3.05, 3.63) is 94.8 Å². The number of hydrogen-bond donors (Lipinski definition) is 2. The van der Waals surface area contributed by atoms with Gasteiger partial charge in [0.2, 0.25) is 0 Å². The molecular formula is C26H24BClN2O4. The van der Waals surface area contributed by atoms with E-state index in [4.69, 9.17) is 16.3 Å². The molecule has 172 valence electrons. The molecule has 1 atom stereocenters. The molecule has 2 N–H and O–H groups in total. The molecule has 0 aliphatic rings. The van der Waals surface area contributed by atoms with Crippen molar-refractivity contribution in [2.75, 3.05) is 6.61 Å². The standard InChI is InChI=1S/C26H24BClN2O4/c28-24-10-9-20(14-21(18-29)25-8-4-5-12-30-25)16-26(24)34-13-11-23(31)17-22(27(32)33)15-19-6-2-1-3-7-19/h1-10,12,14,16,22,32-33H,11,13,15,17H2/t22-/m1/s1. The molecule has 0 fully saturated rings. The second-order valence-corrected chi connectivity index (χ2v) is 8.19. The van der Waals surface area contributed by atoms with Gasteiger partial charge in [0.05, 0.1) is 22.9 Å². The van der Waals surface area contributed by atoms with Gasteiger partial charge in [-0.2, -0.15) is 5.26 Å². The lowest BCUT2D eigenvalue weighted by Gasteiger charge is -2.15. The molecule has 3 aromatic rings. The number of hydrogen-bond acceptors (Lipinski definition) is 6. The molecule has 1 heterocycles. The lowest BCUT2D eigenvalue weighted by molar-refractivity contribution is -0.119. The van der Waals surface area contributed by atoms with E-state index < -0.39 is 12.9 Å². The predicted octanol–water partition coefficient (Wildman–Crippen LogP) is 4.61. The number of nitrogens with zero attached hydrogens (tertiary/aromatic N) is 2. The average Bonchev–Trinajstić information content (AvgIpc) is 2.85. The number of rotatable bonds is 11. The summed E-state index contributed by atoms with van der Waals surface area (Å²) in [5.41, 5.74) is 2.60. The van der Waals surface area contributed by atoms with Gasteiger partial charge in [-0.25, -0.2) is 0 Å². The number of pyridine rings is 1. The summed E-state index contributed by atoms with van der Waals surface area (Å²) in [6.07, 6.45) is 3.83. The molecule has 0 aliphatic carbocycles. The minimum Gasteiger partial charge on any atom is -0.492 e. The third kappa shape index (κ3) is 7.56. The fraction of sp³-hybridized carbons (Fsp3) is 0.192. The highest BCUT2D eigenvalue weighted by Crippen LogP contribution is 2.28. The van der Waals surface area contributed by atoms with E-state index >= 15 is 0 Å². The number of nitriles is 1. The summed E-state index contributed by atoms with van der Waals surface area (Å²) in [7, 11) is -1.59. The zero-order valence-corrected chi connectivity index (χ0v) is 19.2. The molecule has 34 heavy (non-hydrogen) atoms. The van der Waals surface area contributed by atoms with Crippen LogP contribution in [0.3, 0.4) is 0 Å². The molecule has 0 spiro atoms. The lowest BCUT2D eigenvalue weighted by Crippen LogP contribution is -2.25. The molecule has 0 saturated carbocycles. The summed E-state index contributed by atoms with van der Waals surface area (Å²) >= 11 is 6.24. The molecule has 0 unspecified atom stereocenters. The van der Waals surface area contributed by atoms with Crippen LogP contribution in [-0.4, -0.2) is 34.5 Å². The molecule has 0 bridgehead atoms. The van der Waals surface area contributed by atoms with E-state index in [0.29, 0.717) is 34.0 Å². The number of allylic oxidation sites excluding steroid dienone is 1. The van der Waals surface area contributed by atoms with E-state index in [0.717, 1.165) is 5.56 Å². The number of halogens is 1. The second-order valence-electron chi connectivity index (χ2n) is 7.78. The average molecular weight is 475 g/mol. The Morgan fingerprint density at radius 2 is 1.91 bits per heavy atom. The molecule has 0 saturated heterocycles. The van der Waals surface area contributed by atoms with Crippen LogP contribution < -0.4 is 4.74 Å². The number of carbonyl (C=O) groups is 1. The van der Waals surface area contributed by atoms with Gasteiger partial charge in [-0.05, 0) is 47.9 Å². The van der Waals surface area contributed by atoms with Crippen LogP contribution in [0.5, 0.6) is 5.75 Å². The largest absolute Gasteiger partial charge is 0.492 e. The second kappa shape index (κ2) is 12.7. The molecular weight excluding hydrogens is 451 g/mol. The number of carbonyl (C=O) groups excluding carboxylic acids is 1. The van der Waals surface area contributed by atoms with E-state index in [1.54, 1.807) is 48.7 Å². The summed E-state index contributed by atoms with van der Waals surface area (Å²) in [4.78, 5) is 16.6. The minimum atomic E-state index is -1.59. The highest BCUT2D eigenvalue weighted by atomic mass is 35.5. The number of aromatic nitrogens is 1. The van der Waals surface area contributed by atoms with E-state index in [1.165, 1.54) is 0 Å². The summed E-state index contributed by atoms with van der Waals surface area (Å²) in [6.45, 7) is 0.0939. The fourth-order valence-electron chi connectivity index (χ4n) is 3.44. The highest BCUT2D eigenvalue weighted by molar-refractivity contribution is 6.43. The third-order valence-corrected chi connectivity index (χ3v) is 5.53. The predicted molar refractivity (Wildman–Crippen MR) is 133 cm³/mol. The maximum Gasteiger partial charge on any atom is 0.455 e. The van der Waals surface area contributed by atoms with Crippen LogP contribution in [0.25, 0.3) is 11.6 Å². The van der Waals surface area contributed by atoms with Crippen LogP contribution in [0.15, 0.2) is 72.9 Å². The van der Waals surface area contributed by atoms with E-state index in [1.807, 2.05) is 30.3 Å². The van der Waals surface area contributed by atoms with Crippen LogP contribution in [0.2, 0.25) is 10.8 Å². The molecule has 2 aromatic carbocycles. The van der Waals surface area contributed by atoms with Crippen LogP contribution in [0.1, 0.15) is 29.7 Å². The maximum absolute atomic E-state index is 12.4. The quantitative estimate of drug-likeness (QED) is 0.311. The van der Waals surface area contributed by atoms with E-state index in [2.05, 4.69) is 11.1 Å². The van der Waals surface area contributed by atoms with Crippen LogP contribution >= 0.6 is 11.6 Å². The molecule has 0 amide bonds. The Bertz CT molecular complexity index is 1160. The van der Waals surface area contributed by atoms with Gasteiger partial charge in [0.1, 0.15) is 17.6 Å². The Hall–Kier alpha value is -3.44. The highest BCUT2D eigenvalue weighted by Gasteiger charge is 2.26. The van der Waals surface area contributed by atoms with Gasteiger partial charge in [0, 0.05) is 24.9 Å². The first-order valence-corrected chi connectivity index (χ1v) is 11.2. The number of Topliss-reactive ketones (excluding diaryl/α,β-unsaturated/α-hetero) is 1. The van der Waals surface area contributed by atoms with E-state index in [9.17, 15) is 20.1 Å². The van der Waals surface area contributed by atoms with Crippen molar-refractivity contribution in [3.63, 3.8) is 0 Å². The Kier molecular flexibility index (Phi) is 9.42. The van der Waals surface area contributed by atoms with Crippen molar-refractivity contribution >= 4 is 36.2 Å². The van der Waals surface area contributed by atoms with Gasteiger partial charge in [-0.1, -0.05) is 54.1 Å². The van der Waals surface area contributed by atoms with Crippen LogP contribution in [0.4, 0.5) is 0 Å². The van der Waals surface area contributed by atoms with Gasteiger partial charge in [0.15, 0.2) is 0 Å². The first-order chi connectivity index (χ1) is 16.5. The SMILES string of the molecule is N#CC(=Cc1ccc(Cl)c(OCCC(=O)C[C@@H](Cc2ccccc2)B(O)O)c1)c1ccccn1. The van der Waals surface area contributed by atoms with Crippen LogP contribution in [0, 0.1) is 11.3 Å². The number of ether oxygens (including phenoxy) is 1. The smallest absolute Gasteiger partial charge is 0.455 e.